The Labute approximate surface area is 197 Å². The van der Waals surface area contributed by atoms with E-state index in [2.05, 4.69) is 20.4 Å². The molecule has 33 heavy (non-hydrogen) atoms. The van der Waals surface area contributed by atoms with Gasteiger partial charge in [-0.2, -0.15) is 4.31 Å². The van der Waals surface area contributed by atoms with Crippen LogP contribution in [-0.4, -0.2) is 72.7 Å². The third-order valence-corrected chi connectivity index (χ3v) is 8.11. The standard InChI is InChI=1S/C22H25N5O4S2/c1-16-3-5-17(6-4-16)19-13-21(31-25-19)24-20(28)15-32-22-8-7-18(14-23-22)33(29,30)27-11-9-26(2)10-12-27/h3-8,13-14H,9-12,15H2,1-2H3,(H,24,28). The lowest BCUT2D eigenvalue weighted by molar-refractivity contribution is -0.113. The van der Waals surface area contributed by atoms with Crippen molar-refractivity contribution >= 4 is 33.6 Å². The monoisotopic (exact) mass is 487 g/mol. The molecule has 1 N–H and O–H groups in total. The molecule has 1 aliphatic heterocycles. The molecular weight excluding hydrogens is 462 g/mol. The van der Waals surface area contributed by atoms with Crippen molar-refractivity contribution in [2.75, 3.05) is 44.3 Å². The first-order valence-corrected chi connectivity index (χ1v) is 12.8. The Bertz CT molecular complexity index is 1200. The zero-order chi connectivity index (χ0) is 23.4. The Morgan fingerprint density at radius 3 is 2.52 bits per heavy atom. The van der Waals surface area contributed by atoms with Crippen LogP contribution >= 0.6 is 11.8 Å². The van der Waals surface area contributed by atoms with Crippen molar-refractivity contribution in [1.82, 2.24) is 19.3 Å². The summed E-state index contributed by atoms with van der Waals surface area (Å²) in [5.41, 5.74) is 2.68. The number of rotatable bonds is 7. The van der Waals surface area contributed by atoms with Crippen molar-refractivity contribution in [3.63, 3.8) is 0 Å². The average Bonchev–Trinajstić information content (AvgIpc) is 3.27. The third-order valence-electron chi connectivity index (χ3n) is 5.28. The first-order chi connectivity index (χ1) is 15.8. The second kappa shape index (κ2) is 10.0. The molecule has 11 heteroatoms. The molecule has 0 atom stereocenters. The number of likely N-dealkylation sites (N-methyl/N-ethyl adjacent to an activating group) is 1. The van der Waals surface area contributed by atoms with E-state index in [4.69, 9.17) is 4.52 Å². The number of aryl methyl sites for hydroxylation is 1. The maximum Gasteiger partial charge on any atom is 0.244 e. The molecule has 1 saturated heterocycles. The lowest BCUT2D eigenvalue weighted by Crippen LogP contribution is -2.47. The average molecular weight is 488 g/mol. The number of piperazine rings is 1. The number of anilines is 1. The zero-order valence-corrected chi connectivity index (χ0v) is 20.0. The lowest BCUT2D eigenvalue weighted by Gasteiger charge is -2.31. The Morgan fingerprint density at radius 2 is 1.85 bits per heavy atom. The summed E-state index contributed by atoms with van der Waals surface area (Å²) in [5.74, 6) is 0.0817. The second-order valence-electron chi connectivity index (χ2n) is 7.82. The van der Waals surface area contributed by atoms with E-state index in [9.17, 15) is 13.2 Å². The molecule has 1 aliphatic rings. The van der Waals surface area contributed by atoms with Crippen LogP contribution in [0.5, 0.6) is 0 Å². The Hall–Kier alpha value is -2.73. The van der Waals surface area contributed by atoms with E-state index in [-0.39, 0.29) is 22.4 Å². The number of nitrogens with one attached hydrogen (secondary N) is 1. The van der Waals surface area contributed by atoms with Gasteiger partial charge in [-0.15, -0.1) is 0 Å². The van der Waals surface area contributed by atoms with Crippen molar-refractivity contribution in [2.45, 2.75) is 16.8 Å². The molecule has 1 amide bonds. The van der Waals surface area contributed by atoms with Crippen LogP contribution in [0.4, 0.5) is 5.88 Å². The van der Waals surface area contributed by atoms with Gasteiger partial charge in [0.05, 0.1) is 10.8 Å². The highest BCUT2D eigenvalue weighted by Gasteiger charge is 2.27. The van der Waals surface area contributed by atoms with Crippen LogP contribution in [0, 0.1) is 6.92 Å². The van der Waals surface area contributed by atoms with Gasteiger partial charge in [-0.25, -0.2) is 13.4 Å². The molecule has 0 spiro atoms. The van der Waals surface area contributed by atoms with Crippen LogP contribution in [0.2, 0.25) is 0 Å². The van der Waals surface area contributed by atoms with Gasteiger partial charge in [-0.1, -0.05) is 46.7 Å². The quantitative estimate of drug-likeness (QED) is 0.507. The Morgan fingerprint density at radius 1 is 1.12 bits per heavy atom. The summed E-state index contributed by atoms with van der Waals surface area (Å²) in [6.45, 7) is 4.33. The predicted octanol–water partition coefficient (Wildman–Crippen LogP) is 2.71. The fourth-order valence-electron chi connectivity index (χ4n) is 3.29. The number of pyridine rings is 1. The maximum absolute atomic E-state index is 12.8. The van der Waals surface area contributed by atoms with Crippen molar-refractivity contribution in [3.05, 3.63) is 54.2 Å². The molecule has 174 valence electrons. The summed E-state index contributed by atoms with van der Waals surface area (Å²) < 4.78 is 32.2. The van der Waals surface area contributed by atoms with Gasteiger partial charge in [0.1, 0.15) is 10.6 Å². The van der Waals surface area contributed by atoms with Gasteiger partial charge >= 0.3 is 0 Å². The van der Waals surface area contributed by atoms with E-state index in [0.29, 0.717) is 36.9 Å². The topological polar surface area (TPSA) is 109 Å². The molecule has 0 saturated carbocycles. The number of aromatic nitrogens is 2. The summed E-state index contributed by atoms with van der Waals surface area (Å²) in [7, 11) is -1.59. The number of hydrogen-bond donors (Lipinski definition) is 1. The molecule has 1 fully saturated rings. The zero-order valence-electron chi connectivity index (χ0n) is 18.4. The van der Waals surface area contributed by atoms with Crippen LogP contribution in [0.3, 0.4) is 0 Å². The van der Waals surface area contributed by atoms with Crippen LogP contribution < -0.4 is 5.32 Å². The van der Waals surface area contributed by atoms with Gasteiger partial charge in [-0.3, -0.25) is 10.1 Å². The highest BCUT2D eigenvalue weighted by molar-refractivity contribution is 7.99. The van der Waals surface area contributed by atoms with E-state index in [1.165, 1.54) is 28.3 Å². The molecule has 0 radical (unpaired) electrons. The summed E-state index contributed by atoms with van der Waals surface area (Å²) >= 11 is 1.21. The van der Waals surface area contributed by atoms with E-state index in [1.54, 1.807) is 12.1 Å². The number of sulfonamides is 1. The van der Waals surface area contributed by atoms with E-state index < -0.39 is 10.0 Å². The summed E-state index contributed by atoms with van der Waals surface area (Å²) in [6.07, 6.45) is 1.35. The number of amides is 1. The number of hydrogen-bond acceptors (Lipinski definition) is 8. The molecule has 0 unspecified atom stereocenters. The highest BCUT2D eigenvalue weighted by atomic mass is 32.2. The first kappa shape index (κ1) is 23.4. The molecule has 1 aromatic carbocycles. The molecule has 2 aromatic heterocycles. The molecule has 3 aromatic rings. The predicted molar refractivity (Wildman–Crippen MR) is 127 cm³/mol. The minimum Gasteiger partial charge on any atom is -0.338 e. The number of nitrogens with zero attached hydrogens (tertiary/aromatic N) is 4. The highest BCUT2D eigenvalue weighted by Crippen LogP contribution is 2.23. The van der Waals surface area contributed by atoms with Gasteiger partial charge in [-0.05, 0) is 26.1 Å². The van der Waals surface area contributed by atoms with Crippen LogP contribution in [0.15, 0.2) is 63.1 Å². The van der Waals surface area contributed by atoms with Crippen molar-refractivity contribution in [1.29, 1.82) is 0 Å². The van der Waals surface area contributed by atoms with Crippen LogP contribution in [0.1, 0.15) is 5.56 Å². The van der Waals surface area contributed by atoms with Gasteiger partial charge in [0.2, 0.25) is 21.8 Å². The van der Waals surface area contributed by atoms with Crippen LogP contribution in [0.25, 0.3) is 11.3 Å². The fourth-order valence-corrected chi connectivity index (χ4v) is 5.30. The lowest BCUT2D eigenvalue weighted by atomic mass is 10.1. The smallest absolute Gasteiger partial charge is 0.244 e. The first-order valence-electron chi connectivity index (χ1n) is 10.4. The minimum atomic E-state index is -3.56. The molecule has 9 nitrogen and oxygen atoms in total. The molecule has 0 aliphatic carbocycles. The Kier molecular flexibility index (Phi) is 7.13. The molecular formula is C22H25N5O4S2. The largest absolute Gasteiger partial charge is 0.338 e. The van der Waals surface area contributed by atoms with Crippen LogP contribution in [-0.2, 0) is 14.8 Å². The van der Waals surface area contributed by atoms with Gasteiger partial charge in [0.25, 0.3) is 0 Å². The number of carbonyl (C=O) groups excluding carboxylic acids is 1. The molecule has 0 bridgehead atoms. The number of benzene rings is 1. The van der Waals surface area contributed by atoms with Gasteiger partial charge < -0.3 is 9.42 Å². The SMILES string of the molecule is Cc1ccc(-c2cc(NC(=O)CSc3ccc(S(=O)(=O)N4CCN(C)CC4)cn3)on2)cc1. The van der Waals surface area contributed by atoms with E-state index in [1.807, 2.05) is 38.2 Å². The summed E-state index contributed by atoms with van der Waals surface area (Å²) in [4.78, 5) is 18.7. The summed E-state index contributed by atoms with van der Waals surface area (Å²) in [6, 6.07) is 12.7. The van der Waals surface area contributed by atoms with Crippen molar-refractivity contribution in [3.8, 4) is 11.3 Å². The minimum absolute atomic E-state index is 0.0954. The second-order valence-corrected chi connectivity index (χ2v) is 10.8. The molecule has 3 heterocycles. The van der Waals surface area contributed by atoms with Crippen molar-refractivity contribution in [2.24, 2.45) is 0 Å². The van der Waals surface area contributed by atoms with E-state index in [0.717, 1.165) is 11.1 Å². The van der Waals surface area contributed by atoms with E-state index >= 15 is 0 Å². The van der Waals surface area contributed by atoms with Gasteiger partial charge in [0, 0.05) is 44.0 Å². The third kappa shape index (κ3) is 5.80. The number of thioether (sulfide) groups is 1. The Balaban J connectivity index is 1.30. The van der Waals surface area contributed by atoms with Crippen molar-refractivity contribution < 1.29 is 17.7 Å². The normalized spacial score (nSPS) is 15.5. The molecule has 4 rings (SSSR count). The number of carbonyl (C=O) groups is 1. The summed E-state index contributed by atoms with van der Waals surface area (Å²) in [5, 5.41) is 7.22. The van der Waals surface area contributed by atoms with Gasteiger partial charge in [0.15, 0.2) is 0 Å². The fraction of sp³-hybridized carbons (Fsp3) is 0.318. The maximum atomic E-state index is 12.8.